The number of imidazole rings is 2. The zero-order valence-electron chi connectivity index (χ0n) is 20.6. The van der Waals surface area contributed by atoms with Crippen molar-refractivity contribution in [2.24, 2.45) is 7.05 Å². The van der Waals surface area contributed by atoms with E-state index in [9.17, 15) is 8.42 Å². The fourth-order valence-corrected chi connectivity index (χ4v) is 6.28. The van der Waals surface area contributed by atoms with Gasteiger partial charge in [0.25, 0.3) is 10.0 Å². The van der Waals surface area contributed by atoms with E-state index in [1.165, 1.54) is 12.5 Å². The number of aryl methyl sites for hydroxylation is 2. The molecule has 0 atom stereocenters. The van der Waals surface area contributed by atoms with Gasteiger partial charge in [-0.1, -0.05) is 6.07 Å². The monoisotopic (exact) mass is 520 g/mol. The minimum Gasteiger partial charge on any atom is -0.454 e. The summed E-state index contributed by atoms with van der Waals surface area (Å²) in [6.07, 6.45) is 6.05. The third-order valence-electron chi connectivity index (χ3n) is 6.90. The molecule has 1 fully saturated rings. The third kappa shape index (κ3) is 4.72. The highest BCUT2D eigenvalue weighted by Crippen LogP contribution is 2.40. The largest absolute Gasteiger partial charge is 0.454 e. The molecule has 1 aliphatic heterocycles. The standard InChI is InChI=1S/C26H28N6O4S/c1-16-4-3-5-20(28-16)25-24(18-8-11-21-22(12-18)36-15-35-21)29-26(30-25)17-6-9-19(10-7-17)31-37(33,34)23-13-32(2)14-27-23/h3-5,8,11-14,17,19,31H,6-7,9-10,15H2,1-2H3,(H,29,30). The van der Waals surface area contributed by atoms with Gasteiger partial charge in [-0.15, -0.1) is 0 Å². The van der Waals surface area contributed by atoms with Crippen LogP contribution in [0.4, 0.5) is 0 Å². The number of aromatic nitrogens is 5. The second-order valence-corrected chi connectivity index (χ2v) is 11.3. The molecule has 10 nitrogen and oxygen atoms in total. The van der Waals surface area contributed by atoms with Crippen molar-refractivity contribution in [2.75, 3.05) is 6.79 Å². The van der Waals surface area contributed by atoms with E-state index < -0.39 is 10.0 Å². The van der Waals surface area contributed by atoms with Gasteiger partial charge in [-0.2, -0.15) is 0 Å². The zero-order chi connectivity index (χ0) is 25.6. The normalized spacial score (nSPS) is 19.3. The smallest absolute Gasteiger partial charge is 0.259 e. The van der Waals surface area contributed by atoms with E-state index in [1.807, 2.05) is 43.3 Å². The number of benzene rings is 1. The Kier molecular flexibility index (Phi) is 5.96. The molecule has 11 heteroatoms. The summed E-state index contributed by atoms with van der Waals surface area (Å²) in [6, 6.07) is 11.6. The van der Waals surface area contributed by atoms with Crippen LogP contribution in [0, 0.1) is 6.92 Å². The summed E-state index contributed by atoms with van der Waals surface area (Å²) >= 11 is 0. The number of sulfonamides is 1. The zero-order valence-corrected chi connectivity index (χ0v) is 21.5. The summed E-state index contributed by atoms with van der Waals surface area (Å²) in [5.41, 5.74) is 4.33. The number of ether oxygens (including phenoxy) is 2. The molecule has 192 valence electrons. The van der Waals surface area contributed by atoms with Gasteiger partial charge >= 0.3 is 0 Å². The van der Waals surface area contributed by atoms with Crippen LogP contribution >= 0.6 is 0 Å². The number of nitrogens with zero attached hydrogens (tertiary/aromatic N) is 4. The van der Waals surface area contributed by atoms with Gasteiger partial charge in [0.15, 0.2) is 16.5 Å². The molecule has 6 rings (SSSR count). The molecule has 0 amide bonds. The number of fused-ring (bicyclic) bond motifs is 1. The van der Waals surface area contributed by atoms with Crippen molar-refractivity contribution in [1.82, 2.24) is 29.2 Å². The minimum absolute atomic E-state index is 0.0480. The first-order valence-electron chi connectivity index (χ1n) is 12.3. The van der Waals surface area contributed by atoms with Crippen LogP contribution in [0.1, 0.15) is 43.1 Å². The molecule has 2 N–H and O–H groups in total. The van der Waals surface area contributed by atoms with Crippen LogP contribution in [0.5, 0.6) is 11.5 Å². The van der Waals surface area contributed by atoms with Gasteiger partial charge in [0, 0.05) is 36.5 Å². The lowest BCUT2D eigenvalue weighted by molar-refractivity contribution is 0.174. The predicted molar refractivity (Wildman–Crippen MR) is 137 cm³/mol. The lowest BCUT2D eigenvalue weighted by atomic mass is 9.86. The van der Waals surface area contributed by atoms with Crippen molar-refractivity contribution in [3.63, 3.8) is 0 Å². The molecule has 1 aromatic carbocycles. The Labute approximate surface area is 215 Å². The summed E-state index contributed by atoms with van der Waals surface area (Å²) in [6.45, 7) is 2.18. The van der Waals surface area contributed by atoms with Crippen LogP contribution in [0.25, 0.3) is 22.6 Å². The Balaban J connectivity index is 1.25. The van der Waals surface area contributed by atoms with Crippen LogP contribution in [-0.4, -0.2) is 45.8 Å². The number of pyridine rings is 1. The highest BCUT2D eigenvalue weighted by Gasteiger charge is 2.30. The molecule has 3 aromatic heterocycles. The van der Waals surface area contributed by atoms with Gasteiger partial charge in [0.05, 0.1) is 23.4 Å². The summed E-state index contributed by atoms with van der Waals surface area (Å²) in [7, 11) is -1.89. The van der Waals surface area contributed by atoms with Gasteiger partial charge in [0.2, 0.25) is 6.79 Å². The van der Waals surface area contributed by atoms with Crippen molar-refractivity contribution in [3.8, 4) is 34.1 Å². The van der Waals surface area contributed by atoms with Crippen molar-refractivity contribution in [1.29, 1.82) is 0 Å². The number of aromatic amines is 1. The van der Waals surface area contributed by atoms with Crippen LogP contribution in [0.3, 0.4) is 0 Å². The average molecular weight is 521 g/mol. The molecular weight excluding hydrogens is 492 g/mol. The number of H-pyrrole nitrogens is 1. The summed E-state index contributed by atoms with van der Waals surface area (Å²) in [5.74, 6) is 2.49. The first-order valence-corrected chi connectivity index (χ1v) is 13.8. The van der Waals surface area contributed by atoms with Crippen LogP contribution < -0.4 is 14.2 Å². The molecule has 0 bridgehead atoms. The summed E-state index contributed by atoms with van der Waals surface area (Å²) < 4.78 is 40.9. The van der Waals surface area contributed by atoms with Crippen LogP contribution in [0.2, 0.25) is 0 Å². The number of rotatable bonds is 6. The van der Waals surface area contributed by atoms with Gasteiger partial charge in [-0.05, 0) is 62.9 Å². The minimum atomic E-state index is -3.64. The van der Waals surface area contributed by atoms with Gasteiger partial charge in [-0.25, -0.2) is 23.1 Å². The Bertz CT molecular complexity index is 1550. The SMILES string of the molecule is Cc1cccc(-c2[nH]c(C3CCC(NS(=O)(=O)c4cn(C)cn4)CC3)nc2-c2ccc3c(c2)OCO3)n1. The Morgan fingerprint density at radius 3 is 2.62 bits per heavy atom. The second kappa shape index (κ2) is 9.31. The topological polar surface area (TPSA) is 124 Å². The molecule has 0 radical (unpaired) electrons. The van der Waals surface area contributed by atoms with Gasteiger partial charge < -0.3 is 19.0 Å². The molecule has 1 aliphatic carbocycles. The first kappa shape index (κ1) is 23.7. The third-order valence-corrected chi connectivity index (χ3v) is 8.31. The van der Waals surface area contributed by atoms with E-state index in [4.69, 9.17) is 19.4 Å². The van der Waals surface area contributed by atoms with Crippen LogP contribution in [-0.2, 0) is 17.1 Å². The van der Waals surface area contributed by atoms with Crippen molar-refractivity contribution in [3.05, 3.63) is 60.4 Å². The Morgan fingerprint density at radius 2 is 1.86 bits per heavy atom. The molecule has 0 unspecified atom stereocenters. The van der Waals surface area contributed by atoms with E-state index in [0.29, 0.717) is 5.75 Å². The van der Waals surface area contributed by atoms with E-state index in [1.54, 1.807) is 11.6 Å². The molecule has 1 saturated carbocycles. The maximum atomic E-state index is 12.7. The second-order valence-electron chi connectivity index (χ2n) is 9.63. The molecule has 0 spiro atoms. The lowest BCUT2D eigenvalue weighted by Gasteiger charge is -2.27. The molecular formula is C26H28N6O4S. The number of hydrogen-bond acceptors (Lipinski definition) is 7. The first-order chi connectivity index (χ1) is 17.9. The van der Waals surface area contributed by atoms with E-state index in [0.717, 1.165) is 65.6 Å². The summed E-state index contributed by atoms with van der Waals surface area (Å²) in [4.78, 5) is 17.3. The number of nitrogens with one attached hydrogen (secondary N) is 2. The molecule has 4 aromatic rings. The molecule has 2 aliphatic rings. The highest BCUT2D eigenvalue weighted by atomic mass is 32.2. The van der Waals surface area contributed by atoms with E-state index in [-0.39, 0.29) is 23.8 Å². The fourth-order valence-electron chi connectivity index (χ4n) is 5.00. The van der Waals surface area contributed by atoms with E-state index >= 15 is 0 Å². The van der Waals surface area contributed by atoms with Gasteiger partial charge in [0.1, 0.15) is 5.82 Å². The average Bonchev–Trinajstić information content (AvgIpc) is 3.63. The maximum Gasteiger partial charge on any atom is 0.259 e. The number of hydrogen-bond donors (Lipinski definition) is 2. The maximum absolute atomic E-state index is 12.7. The Hall–Kier alpha value is -3.70. The Morgan fingerprint density at radius 1 is 1.05 bits per heavy atom. The molecule has 0 saturated heterocycles. The summed E-state index contributed by atoms with van der Waals surface area (Å²) in [5, 5.41) is 0.0480. The van der Waals surface area contributed by atoms with Crippen molar-refractivity contribution < 1.29 is 17.9 Å². The van der Waals surface area contributed by atoms with E-state index in [2.05, 4.69) is 14.7 Å². The molecule has 4 heterocycles. The highest BCUT2D eigenvalue weighted by molar-refractivity contribution is 7.89. The van der Waals surface area contributed by atoms with Gasteiger partial charge in [-0.3, -0.25) is 4.98 Å². The van der Waals surface area contributed by atoms with Crippen molar-refractivity contribution in [2.45, 2.75) is 49.6 Å². The quantitative estimate of drug-likeness (QED) is 0.395. The predicted octanol–water partition coefficient (Wildman–Crippen LogP) is 3.91. The molecule has 37 heavy (non-hydrogen) atoms. The fraction of sp³-hybridized carbons (Fsp3) is 0.346. The van der Waals surface area contributed by atoms with Crippen LogP contribution in [0.15, 0.2) is 53.9 Å². The van der Waals surface area contributed by atoms with Crippen molar-refractivity contribution >= 4 is 10.0 Å². The lowest BCUT2D eigenvalue weighted by Crippen LogP contribution is -2.37.